The van der Waals surface area contributed by atoms with Crippen molar-refractivity contribution >= 4 is 16.0 Å². The molecular weight excluding hydrogens is 298 g/mol. The molecule has 2 heterocycles. The molecule has 1 aromatic heterocycles. The molecule has 9 heteroatoms. The molecule has 8 nitrogen and oxygen atoms in total. The van der Waals surface area contributed by atoms with E-state index in [2.05, 4.69) is 9.71 Å². The Morgan fingerprint density at radius 3 is 3.00 bits per heavy atom. The van der Waals surface area contributed by atoms with Gasteiger partial charge in [0.05, 0.1) is 19.3 Å². The number of hydrogen-bond donors (Lipinski definition) is 2. The van der Waals surface area contributed by atoms with Crippen LogP contribution in [0.25, 0.3) is 0 Å². The van der Waals surface area contributed by atoms with Crippen LogP contribution in [0, 0.1) is 16.7 Å². The molecule has 0 radical (unpaired) electrons. The number of nitrogens with zero attached hydrogens (tertiary/aromatic N) is 2. The van der Waals surface area contributed by atoms with Crippen LogP contribution in [-0.2, 0) is 19.6 Å². The molecule has 0 aliphatic carbocycles. The lowest BCUT2D eigenvalue weighted by Gasteiger charge is -2.25. The van der Waals surface area contributed by atoms with E-state index in [0.29, 0.717) is 0 Å². The molecule has 0 bridgehead atoms. The van der Waals surface area contributed by atoms with E-state index < -0.39 is 27.4 Å². The quantitative estimate of drug-likeness (QED) is 0.782. The monoisotopic (exact) mass is 311 g/mol. The number of carboxylic acids is 1. The molecule has 0 aromatic carbocycles. The first-order chi connectivity index (χ1) is 9.81. The highest BCUT2D eigenvalue weighted by Crippen LogP contribution is 2.30. The number of carbonyl (C=O) groups is 1. The van der Waals surface area contributed by atoms with E-state index >= 15 is 0 Å². The van der Waals surface area contributed by atoms with Crippen molar-refractivity contribution in [2.24, 2.45) is 5.41 Å². The van der Waals surface area contributed by atoms with Gasteiger partial charge in [-0.05, 0) is 19.1 Å². The number of nitriles is 1. The zero-order valence-electron chi connectivity index (χ0n) is 11.1. The van der Waals surface area contributed by atoms with Crippen LogP contribution in [0.1, 0.15) is 12.6 Å². The number of aliphatic carboxylic acids is 1. The fourth-order valence-electron chi connectivity index (χ4n) is 1.99. The zero-order valence-corrected chi connectivity index (χ0v) is 11.9. The van der Waals surface area contributed by atoms with Gasteiger partial charge in [0.2, 0.25) is 10.0 Å². The molecule has 112 valence electrons. The highest BCUT2D eigenvalue weighted by Gasteiger charge is 2.48. The number of rotatable bonds is 4. The Hall–Kier alpha value is -2.02. The summed E-state index contributed by atoms with van der Waals surface area (Å²) in [5.41, 5.74) is -1.61. The Bertz CT molecular complexity index is 712. The number of hydrogen-bond acceptors (Lipinski definition) is 6. The molecule has 1 aliphatic heterocycles. The van der Waals surface area contributed by atoms with Gasteiger partial charge in [0, 0.05) is 6.20 Å². The average molecular weight is 311 g/mol. The van der Waals surface area contributed by atoms with Gasteiger partial charge in [-0.15, -0.1) is 0 Å². The van der Waals surface area contributed by atoms with Gasteiger partial charge in [-0.25, -0.2) is 18.1 Å². The SMILES string of the molecule is CC1(C(=O)O)COCC1NS(=O)(=O)c1cccnc1C#N. The van der Waals surface area contributed by atoms with Crippen LogP contribution < -0.4 is 4.72 Å². The summed E-state index contributed by atoms with van der Waals surface area (Å²) in [6.07, 6.45) is 1.30. The van der Waals surface area contributed by atoms with Crippen LogP contribution in [0.2, 0.25) is 0 Å². The molecule has 0 spiro atoms. The maximum Gasteiger partial charge on any atom is 0.313 e. The van der Waals surface area contributed by atoms with Crippen molar-refractivity contribution in [3.05, 3.63) is 24.0 Å². The Morgan fingerprint density at radius 1 is 1.67 bits per heavy atom. The third kappa shape index (κ3) is 2.73. The first kappa shape index (κ1) is 15.4. The summed E-state index contributed by atoms with van der Waals surface area (Å²) in [7, 11) is -4.07. The standard InChI is InChI=1S/C12H13N3O5S/c1-12(11(16)17)7-20-6-10(12)15-21(18,19)9-3-2-4-14-8(9)5-13/h2-4,10,15H,6-7H2,1H3,(H,16,17). The topological polar surface area (TPSA) is 129 Å². The summed E-state index contributed by atoms with van der Waals surface area (Å²) >= 11 is 0. The van der Waals surface area contributed by atoms with E-state index in [-0.39, 0.29) is 23.8 Å². The molecule has 0 amide bonds. The minimum atomic E-state index is -4.07. The van der Waals surface area contributed by atoms with Crippen molar-refractivity contribution in [3.8, 4) is 6.07 Å². The van der Waals surface area contributed by atoms with E-state index in [9.17, 15) is 18.3 Å². The minimum Gasteiger partial charge on any atom is -0.481 e. The van der Waals surface area contributed by atoms with Crippen LogP contribution in [0.15, 0.2) is 23.2 Å². The van der Waals surface area contributed by atoms with Gasteiger partial charge in [-0.3, -0.25) is 4.79 Å². The molecule has 0 saturated carbocycles. The lowest BCUT2D eigenvalue weighted by atomic mass is 9.86. The Balaban J connectivity index is 2.35. The van der Waals surface area contributed by atoms with Crippen molar-refractivity contribution in [2.75, 3.05) is 13.2 Å². The first-order valence-corrected chi connectivity index (χ1v) is 7.48. The molecule has 2 unspecified atom stereocenters. The van der Waals surface area contributed by atoms with E-state index in [1.807, 2.05) is 0 Å². The molecule has 1 saturated heterocycles. The second kappa shape index (κ2) is 5.40. The molecule has 2 atom stereocenters. The molecule has 2 rings (SSSR count). The zero-order chi connectivity index (χ0) is 15.7. The Kier molecular flexibility index (Phi) is 3.95. The highest BCUT2D eigenvalue weighted by atomic mass is 32.2. The third-order valence-electron chi connectivity index (χ3n) is 3.41. The molecule has 21 heavy (non-hydrogen) atoms. The summed E-state index contributed by atoms with van der Waals surface area (Å²) < 4.78 is 32.0. The second-order valence-corrected chi connectivity index (χ2v) is 6.56. The lowest BCUT2D eigenvalue weighted by molar-refractivity contribution is -0.148. The molecule has 1 aliphatic rings. The molecular formula is C12H13N3O5S. The summed E-state index contributed by atoms with van der Waals surface area (Å²) in [4.78, 5) is 14.7. The largest absolute Gasteiger partial charge is 0.481 e. The van der Waals surface area contributed by atoms with Crippen LogP contribution in [0.3, 0.4) is 0 Å². The predicted molar refractivity (Wildman–Crippen MR) is 69.6 cm³/mol. The Labute approximate surface area is 121 Å². The summed E-state index contributed by atoms with van der Waals surface area (Å²) in [6.45, 7) is 1.27. The van der Waals surface area contributed by atoms with Crippen LogP contribution in [0.4, 0.5) is 0 Å². The van der Waals surface area contributed by atoms with Gasteiger partial charge in [0.1, 0.15) is 16.4 Å². The third-order valence-corrected chi connectivity index (χ3v) is 4.91. The van der Waals surface area contributed by atoms with Gasteiger partial charge in [-0.2, -0.15) is 5.26 Å². The molecule has 1 aromatic rings. The maximum absolute atomic E-state index is 12.3. The second-order valence-electron chi connectivity index (χ2n) is 4.87. The van der Waals surface area contributed by atoms with Gasteiger partial charge in [-0.1, -0.05) is 0 Å². The Morgan fingerprint density at radius 2 is 2.38 bits per heavy atom. The summed E-state index contributed by atoms with van der Waals surface area (Å²) in [5.74, 6) is -1.15. The van der Waals surface area contributed by atoms with Crippen LogP contribution >= 0.6 is 0 Å². The number of aromatic nitrogens is 1. The van der Waals surface area contributed by atoms with Gasteiger partial charge in [0.25, 0.3) is 0 Å². The molecule has 2 N–H and O–H groups in total. The normalized spacial score (nSPS) is 25.4. The van der Waals surface area contributed by atoms with Crippen molar-refractivity contribution in [2.45, 2.75) is 17.9 Å². The number of sulfonamides is 1. The fraction of sp³-hybridized carbons (Fsp3) is 0.417. The van der Waals surface area contributed by atoms with Crippen LogP contribution in [-0.4, -0.2) is 43.7 Å². The summed E-state index contributed by atoms with van der Waals surface area (Å²) in [6, 6.07) is 3.39. The van der Waals surface area contributed by atoms with Crippen LogP contribution in [0.5, 0.6) is 0 Å². The van der Waals surface area contributed by atoms with E-state index in [4.69, 9.17) is 10.00 Å². The van der Waals surface area contributed by atoms with Crippen molar-refractivity contribution in [3.63, 3.8) is 0 Å². The van der Waals surface area contributed by atoms with Gasteiger partial charge < -0.3 is 9.84 Å². The van der Waals surface area contributed by atoms with E-state index in [1.54, 1.807) is 6.07 Å². The number of pyridine rings is 1. The van der Waals surface area contributed by atoms with Crippen molar-refractivity contribution < 1.29 is 23.1 Å². The number of nitrogens with one attached hydrogen (secondary N) is 1. The number of carboxylic acid groups (broad SMARTS) is 1. The minimum absolute atomic E-state index is 0.0514. The summed E-state index contributed by atoms with van der Waals surface area (Å²) in [5, 5.41) is 18.1. The maximum atomic E-state index is 12.3. The smallest absolute Gasteiger partial charge is 0.313 e. The van der Waals surface area contributed by atoms with Gasteiger partial charge in [0.15, 0.2) is 5.69 Å². The van der Waals surface area contributed by atoms with E-state index in [0.717, 1.165) is 0 Å². The molecule has 1 fully saturated rings. The van der Waals surface area contributed by atoms with Gasteiger partial charge >= 0.3 is 5.97 Å². The van der Waals surface area contributed by atoms with Crippen molar-refractivity contribution in [1.82, 2.24) is 9.71 Å². The fourth-order valence-corrected chi connectivity index (χ4v) is 3.43. The average Bonchev–Trinajstić information content (AvgIpc) is 2.81. The van der Waals surface area contributed by atoms with Crippen molar-refractivity contribution in [1.29, 1.82) is 5.26 Å². The lowest BCUT2D eigenvalue weighted by Crippen LogP contribution is -2.49. The number of ether oxygens (including phenoxy) is 1. The van der Waals surface area contributed by atoms with E-state index in [1.165, 1.54) is 25.3 Å². The predicted octanol–water partition coefficient (Wildman–Crippen LogP) is -0.279. The first-order valence-electron chi connectivity index (χ1n) is 6.00. The highest BCUT2D eigenvalue weighted by molar-refractivity contribution is 7.89.